The fourth-order valence-corrected chi connectivity index (χ4v) is 4.69. The smallest absolute Gasteiger partial charge is 0.169 e. The van der Waals surface area contributed by atoms with Crippen LogP contribution in [0.1, 0.15) is 35.2 Å². The SMILES string of the molecule is CCC12C=CC(O1)C(C(=O)c1ccccc1)C2c1ccccc1Br. The van der Waals surface area contributed by atoms with E-state index in [0.717, 1.165) is 22.0 Å². The van der Waals surface area contributed by atoms with Crippen molar-refractivity contribution in [2.75, 3.05) is 0 Å². The van der Waals surface area contributed by atoms with Crippen LogP contribution in [0.4, 0.5) is 0 Å². The van der Waals surface area contributed by atoms with Crippen LogP contribution in [0.5, 0.6) is 0 Å². The zero-order chi connectivity index (χ0) is 16.7. The van der Waals surface area contributed by atoms with Gasteiger partial charge in [-0.2, -0.15) is 0 Å². The van der Waals surface area contributed by atoms with Crippen molar-refractivity contribution in [3.8, 4) is 0 Å². The Hall–Kier alpha value is -1.71. The summed E-state index contributed by atoms with van der Waals surface area (Å²) >= 11 is 3.67. The Balaban J connectivity index is 1.82. The van der Waals surface area contributed by atoms with Gasteiger partial charge in [0.25, 0.3) is 0 Å². The molecular formula is C21H19BrO2. The van der Waals surface area contributed by atoms with Crippen molar-refractivity contribution in [2.45, 2.75) is 31.0 Å². The van der Waals surface area contributed by atoms with E-state index in [2.05, 4.69) is 41.1 Å². The van der Waals surface area contributed by atoms with Gasteiger partial charge in [0.15, 0.2) is 5.78 Å². The lowest BCUT2D eigenvalue weighted by molar-refractivity contribution is 0.0200. The van der Waals surface area contributed by atoms with Crippen LogP contribution in [-0.2, 0) is 4.74 Å². The van der Waals surface area contributed by atoms with Gasteiger partial charge in [0, 0.05) is 16.0 Å². The topological polar surface area (TPSA) is 26.3 Å². The number of rotatable bonds is 4. The molecule has 0 N–H and O–H groups in total. The standard InChI is InChI=1S/C21H19BrO2/c1-2-21-13-12-17(24-21)18(20(23)14-8-4-3-5-9-14)19(21)15-10-6-7-11-16(15)22/h3-13,17-19H,2H2,1H3. The summed E-state index contributed by atoms with van der Waals surface area (Å²) < 4.78 is 7.37. The molecule has 2 heterocycles. The van der Waals surface area contributed by atoms with E-state index in [-0.39, 0.29) is 29.3 Å². The first-order valence-electron chi connectivity index (χ1n) is 8.37. The predicted octanol–water partition coefficient (Wildman–Crippen LogP) is 5.15. The summed E-state index contributed by atoms with van der Waals surface area (Å²) in [4.78, 5) is 13.3. The lowest BCUT2D eigenvalue weighted by Gasteiger charge is -2.33. The second-order valence-corrected chi connectivity index (χ2v) is 7.36. The number of ether oxygens (including phenoxy) is 1. The molecule has 2 bridgehead atoms. The van der Waals surface area contributed by atoms with Crippen LogP contribution in [0.3, 0.4) is 0 Å². The minimum Gasteiger partial charge on any atom is -0.362 e. The van der Waals surface area contributed by atoms with Gasteiger partial charge in [-0.3, -0.25) is 4.79 Å². The highest BCUT2D eigenvalue weighted by Gasteiger charge is 2.58. The van der Waals surface area contributed by atoms with Crippen molar-refractivity contribution in [3.63, 3.8) is 0 Å². The van der Waals surface area contributed by atoms with E-state index in [0.29, 0.717) is 0 Å². The number of carbonyl (C=O) groups excluding carboxylic acids is 1. The molecule has 0 saturated carbocycles. The third kappa shape index (κ3) is 2.30. The number of halogens is 1. The summed E-state index contributed by atoms with van der Waals surface area (Å²) in [5.41, 5.74) is 1.53. The quantitative estimate of drug-likeness (QED) is 0.539. The second-order valence-electron chi connectivity index (χ2n) is 6.51. The van der Waals surface area contributed by atoms with Crippen molar-refractivity contribution in [3.05, 3.63) is 82.3 Å². The molecule has 0 spiro atoms. The van der Waals surface area contributed by atoms with Gasteiger partial charge in [0.1, 0.15) is 0 Å². The molecule has 0 aromatic heterocycles. The molecule has 3 heteroatoms. The van der Waals surface area contributed by atoms with Gasteiger partial charge in [0.05, 0.1) is 17.6 Å². The van der Waals surface area contributed by atoms with Gasteiger partial charge >= 0.3 is 0 Å². The molecule has 2 aromatic rings. The Morgan fingerprint density at radius 2 is 1.83 bits per heavy atom. The zero-order valence-corrected chi connectivity index (χ0v) is 15.1. The largest absolute Gasteiger partial charge is 0.362 e. The first-order chi connectivity index (χ1) is 11.7. The summed E-state index contributed by atoms with van der Waals surface area (Å²) in [7, 11) is 0. The van der Waals surface area contributed by atoms with Gasteiger partial charge in [-0.15, -0.1) is 0 Å². The molecule has 1 fully saturated rings. The lowest BCUT2D eigenvalue weighted by atomic mass is 9.68. The molecule has 2 aromatic carbocycles. The molecule has 0 amide bonds. The molecular weight excluding hydrogens is 364 g/mol. The molecule has 1 saturated heterocycles. The van der Waals surface area contributed by atoms with E-state index in [1.807, 2.05) is 48.5 Å². The average Bonchev–Trinajstić information content (AvgIpc) is 3.19. The lowest BCUT2D eigenvalue weighted by Crippen LogP contribution is -2.36. The molecule has 2 nitrogen and oxygen atoms in total. The van der Waals surface area contributed by atoms with Crippen LogP contribution in [0.25, 0.3) is 0 Å². The van der Waals surface area contributed by atoms with E-state index in [1.54, 1.807) is 0 Å². The van der Waals surface area contributed by atoms with Crippen LogP contribution < -0.4 is 0 Å². The van der Waals surface area contributed by atoms with Crippen LogP contribution in [0, 0.1) is 5.92 Å². The first kappa shape index (κ1) is 15.8. The highest BCUT2D eigenvalue weighted by molar-refractivity contribution is 9.10. The zero-order valence-electron chi connectivity index (χ0n) is 13.5. The highest BCUT2D eigenvalue weighted by Crippen LogP contribution is 2.55. The maximum Gasteiger partial charge on any atom is 0.169 e. The monoisotopic (exact) mass is 382 g/mol. The van der Waals surface area contributed by atoms with Gasteiger partial charge < -0.3 is 4.74 Å². The van der Waals surface area contributed by atoms with Gasteiger partial charge in [-0.05, 0) is 18.1 Å². The van der Waals surface area contributed by atoms with Gasteiger partial charge in [-0.1, -0.05) is 83.5 Å². The molecule has 0 radical (unpaired) electrons. The highest BCUT2D eigenvalue weighted by atomic mass is 79.9. The fourth-order valence-electron chi connectivity index (χ4n) is 4.15. The van der Waals surface area contributed by atoms with E-state index >= 15 is 0 Å². The number of carbonyl (C=O) groups is 1. The number of ketones is 1. The molecule has 4 unspecified atom stereocenters. The molecule has 2 aliphatic rings. The van der Waals surface area contributed by atoms with Crippen molar-refractivity contribution >= 4 is 21.7 Å². The van der Waals surface area contributed by atoms with Crippen molar-refractivity contribution in [1.29, 1.82) is 0 Å². The van der Waals surface area contributed by atoms with Crippen LogP contribution >= 0.6 is 15.9 Å². The second kappa shape index (κ2) is 5.98. The van der Waals surface area contributed by atoms with Crippen molar-refractivity contribution in [2.24, 2.45) is 5.92 Å². The molecule has 0 aliphatic carbocycles. The normalized spacial score (nSPS) is 30.7. The summed E-state index contributed by atoms with van der Waals surface area (Å²) in [6.45, 7) is 2.13. The van der Waals surface area contributed by atoms with E-state index in [4.69, 9.17) is 4.74 Å². The van der Waals surface area contributed by atoms with Crippen LogP contribution in [-0.4, -0.2) is 17.5 Å². The van der Waals surface area contributed by atoms with Crippen molar-refractivity contribution in [1.82, 2.24) is 0 Å². The Labute approximate surface area is 150 Å². The molecule has 24 heavy (non-hydrogen) atoms. The van der Waals surface area contributed by atoms with Crippen molar-refractivity contribution < 1.29 is 9.53 Å². The maximum atomic E-state index is 13.3. The fraction of sp³-hybridized carbons (Fsp3) is 0.286. The Morgan fingerprint density at radius 3 is 2.54 bits per heavy atom. The average molecular weight is 383 g/mol. The minimum absolute atomic E-state index is 0.0285. The van der Waals surface area contributed by atoms with Crippen LogP contribution in [0.15, 0.2) is 71.2 Å². The number of fused-ring (bicyclic) bond motifs is 2. The van der Waals surface area contributed by atoms with Gasteiger partial charge in [0.2, 0.25) is 0 Å². The van der Waals surface area contributed by atoms with Gasteiger partial charge in [-0.25, -0.2) is 0 Å². The third-order valence-electron chi connectivity index (χ3n) is 5.32. The Bertz CT molecular complexity index is 798. The molecule has 4 rings (SSSR count). The number of hydrogen-bond donors (Lipinski definition) is 0. The molecule has 4 atom stereocenters. The summed E-state index contributed by atoms with van der Waals surface area (Å²) in [5, 5.41) is 0. The van der Waals surface area contributed by atoms with E-state index in [9.17, 15) is 4.79 Å². The number of benzene rings is 2. The van der Waals surface area contributed by atoms with E-state index in [1.165, 1.54) is 0 Å². The maximum absolute atomic E-state index is 13.3. The first-order valence-corrected chi connectivity index (χ1v) is 9.16. The Kier molecular flexibility index (Phi) is 3.93. The Morgan fingerprint density at radius 1 is 1.12 bits per heavy atom. The number of hydrogen-bond acceptors (Lipinski definition) is 2. The van der Waals surface area contributed by atoms with E-state index < -0.39 is 0 Å². The minimum atomic E-state index is -0.385. The molecule has 2 aliphatic heterocycles. The molecule has 122 valence electrons. The predicted molar refractivity (Wildman–Crippen MR) is 98.2 cm³/mol. The number of Topliss-reactive ketones (excluding diaryl/α,β-unsaturated/α-hetero) is 1. The van der Waals surface area contributed by atoms with Crippen LogP contribution in [0.2, 0.25) is 0 Å². The summed E-state index contributed by atoms with van der Waals surface area (Å²) in [6.07, 6.45) is 4.94. The summed E-state index contributed by atoms with van der Waals surface area (Å²) in [5.74, 6) is 0.0119. The third-order valence-corrected chi connectivity index (χ3v) is 6.04. The summed E-state index contributed by atoms with van der Waals surface area (Å²) in [6, 6.07) is 17.7.